The predicted octanol–water partition coefficient (Wildman–Crippen LogP) is 1.70. The molecule has 27 heavy (non-hydrogen) atoms. The zero-order valence-electron chi connectivity index (χ0n) is 15.1. The summed E-state index contributed by atoms with van der Waals surface area (Å²) in [5.41, 5.74) is 1.66. The van der Waals surface area contributed by atoms with Crippen LogP contribution in [0.15, 0.2) is 30.7 Å². The lowest BCUT2D eigenvalue weighted by Gasteiger charge is -2.10. The maximum atomic E-state index is 11.7. The fraction of sp³-hybridized carbons (Fsp3) is 0.235. The zero-order chi connectivity index (χ0) is 19.6. The molecule has 0 aromatic carbocycles. The normalized spacial score (nSPS) is 10.6. The molecule has 2 amide bonds. The molecule has 0 bridgehead atoms. The molecule has 0 saturated heterocycles. The first-order valence-corrected chi connectivity index (χ1v) is 8.20. The average Bonchev–Trinajstić information content (AvgIpc) is 3.02. The Labute approximate surface area is 154 Å². The molecular formula is C17H19N7O3. The summed E-state index contributed by atoms with van der Waals surface area (Å²) < 4.78 is 1.41. The van der Waals surface area contributed by atoms with Gasteiger partial charge in [-0.3, -0.25) is 9.72 Å². The van der Waals surface area contributed by atoms with Crippen LogP contribution >= 0.6 is 0 Å². The van der Waals surface area contributed by atoms with Crippen LogP contribution in [0.1, 0.15) is 17.4 Å². The summed E-state index contributed by atoms with van der Waals surface area (Å²) >= 11 is 0. The summed E-state index contributed by atoms with van der Waals surface area (Å²) in [4.78, 5) is 37.9. The van der Waals surface area contributed by atoms with Gasteiger partial charge in [0.1, 0.15) is 11.3 Å². The van der Waals surface area contributed by atoms with Gasteiger partial charge in [-0.05, 0) is 24.6 Å². The molecule has 0 unspecified atom stereocenters. The molecule has 3 N–H and O–H groups in total. The number of aromatic nitrogens is 4. The first-order chi connectivity index (χ1) is 12.9. The van der Waals surface area contributed by atoms with Crippen LogP contribution < -0.4 is 15.5 Å². The monoisotopic (exact) mass is 369 g/mol. The van der Waals surface area contributed by atoms with Crippen molar-refractivity contribution in [3.8, 4) is 11.1 Å². The highest BCUT2D eigenvalue weighted by molar-refractivity contribution is 5.91. The lowest BCUT2D eigenvalue weighted by Crippen LogP contribution is -2.28. The van der Waals surface area contributed by atoms with E-state index >= 15 is 0 Å². The third-order valence-corrected chi connectivity index (χ3v) is 3.74. The Morgan fingerprint density at radius 3 is 2.48 bits per heavy atom. The van der Waals surface area contributed by atoms with Gasteiger partial charge in [-0.15, -0.1) is 0 Å². The highest BCUT2D eigenvalue weighted by atomic mass is 16.4. The van der Waals surface area contributed by atoms with Gasteiger partial charge >= 0.3 is 12.0 Å². The minimum Gasteiger partial charge on any atom is -0.477 e. The Hall–Kier alpha value is -3.69. The summed E-state index contributed by atoms with van der Waals surface area (Å²) in [5, 5.41) is 14.7. The van der Waals surface area contributed by atoms with E-state index in [0.717, 1.165) is 0 Å². The number of hydrogen-bond donors (Lipinski definition) is 3. The zero-order valence-corrected chi connectivity index (χ0v) is 15.1. The SMILES string of the molecule is CCNC(=O)Nc1cn2c(C(=O)O)cc(-c3cnc(N(C)C)nc3)cc2n1. The van der Waals surface area contributed by atoms with E-state index in [1.165, 1.54) is 16.7 Å². The number of rotatable bonds is 5. The first kappa shape index (κ1) is 18.1. The average molecular weight is 369 g/mol. The molecule has 0 aliphatic heterocycles. The van der Waals surface area contributed by atoms with Crippen molar-refractivity contribution in [2.45, 2.75) is 6.92 Å². The van der Waals surface area contributed by atoms with Crippen LogP contribution in [0.4, 0.5) is 16.6 Å². The summed E-state index contributed by atoms with van der Waals surface area (Å²) in [5.74, 6) is -0.318. The van der Waals surface area contributed by atoms with Gasteiger partial charge in [-0.2, -0.15) is 0 Å². The van der Waals surface area contributed by atoms with Crippen LogP contribution in [-0.2, 0) is 0 Å². The topological polar surface area (TPSA) is 125 Å². The van der Waals surface area contributed by atoms with Gasteiger partial charge in [0.25, 0.3) is 0 Å². The van der Waals surface area contributed by atoms with E-state index < -0.39 is 12.0 Å². The standard InChI is InChI=1S/C17H19N7O3/c1-4-18-17(27)22-13-9-24-12(15(25)26)5-10(6-14(24)21-13)11-7-19-16(20-8-11)23(2)3/h5-9H,4H2,1-3H3,(H,25,26)(H2,18,22,27). The van der Waals surface area contributed by atoms with Crippen molar-refractivity contribution in [1.29, 1.82) is 0 Å². The number of carbonyl (C=O) groups is 2. The highest BCUT2D eigenvalue weighted by Crippen LogP contribution is 2.24. The fourth-order valence-electron chi connectivity index (χ4n) is 2.50. The molecule has 3 heterocycles. The van der Waals surface area contributed by atoms with Gasteiger partial charge in [-0.1, -0.05) is 0 Å². The number of nitrogens with zero attached hydrogens (tertiary/aromatic N) is 5. The third kappa shape index (κ3) is 3.78. The number of carbonyl (C=O) groups excluding carboxylic acids is 1. The number of pyridine rings is 1. The Bertz CT molecular complexity index is 996. The quantitative estimate of drug-likeness (QED) is 0.625. The van der Waals surface area contributed by atoms with Gasteiger partial charge in [0.2, 0.25) is 5.95 Å². The number of fused-ring (bicyclic) bond motifs is 1. The van der Waals surface area contributed by atoms with Crippen molar-refractivity contribution in [2.75, 3.05) is 30.9 Å². The van der Waals surface area contributed by atoms with Crippen molar-refractivity contribution >= 4 is 29.4 Å². The lowest BCUT2D eigenvalue weighted by molar-refractivity contribution is 0.0689. The van der Waals surface area contributed by atoms with E-state index in [0.29, 0.717) is 29.3 Å². The lowest BCUT2D eigenvalue weighted by atomic mass is 10.1. The van der Waals surface area contributed by atoms with E-state index in [2.05, 4.69) is 25.6 Å². The number of nitrogens with one attached hydrogen (secondary N) is 2. The molecular weight excluding hydrogens is 350 g/mol. The van der Waals surface area contributed by atoms with Crippen LogP contribution in [0.25, 0.3) is 16.8 Å². The van der Waals surface area contributed by atoms with Crippen LogP contribution in [-0.4, -0.2) is 57.1 Å². The second kappa shape index (κ2) is 7.28. The molecule has 3 aromatic rings. The van der Waals surface area contributed by atoms with Gasteiger partial charge in [-0.25, -0.2) is 24.5 Å². The molecule has 10 nitrogen and oxygen atoms in total. The van der Waals surface area contributed by atoms with E-state index in [1.54, 1.807) is 30.3 Å². The molecule has 3 rings (SSSR count). The Morgan fingerprint density at radius 1 is 1.19 bits per heavy atom. The van der Waals surface area contributed by atoms with Crippen molar-refractivity contribution in [1.82, 2.24) is 24.7 Å². The number of anilines is 2. The van der Waals surface area contributed by atoms with Crippen LogP contribution in [0.5, 0.6) is 0 Å². The summed E-state index contributed by atoms with van der Waals surface area (Å²) in [6.45, 7) is 2.26. The summed E-state index contributed by atoms with van der Waals surface area (Å²) in [7, 11) is 3.66. The number of carboxylic acids is 1. The molecule has 0 aliphatic rings. The molecule has 0 aliphatic carbocycles. The smallest absolute Gasteiger partial charge is 0.352 e. The molecule has 10 heteroatoms. The number of amides is 2. The number of aromatic carboxylic acids is 1. The molecule has 0 spiro atoms. The van der Waals surface area contributed by atoms with Crippen molar-refractivity contribution in [3.05, 3.63) is 36.4 Å². The van der Waals surface area contributed by atoms with E-state index in [1.807, 2.05) is 14.1 Å². The minimum atomic E-state index is -1.12. The summed E-state index contributed by atoms with van der Waals surface area (Å²) in [6, 6.07) is 2.82. The van der Waals surface area contributed by atoms with Crippen LogP contribution in [0, 0.1) is 0 Å². The van der Waals surface area contributed by atoms with Crippen LogP contribution in [0.2, 0.25) is 0 Å². The maximum absolute atomic E-state index is 11.7. The van der Waals surface area contributed by atoms with Gasteiger partial charge in [0.15, 0.2) is 5.82 Å². The second-order valence-corrected chi connectivity index (χ2v) is 5.94. The molecule has 0 radical (unpaired) electrons. The largest absolute Gasteiger partial charge is 0.477 e. The van der Waals surface area contributed by atoms with Crippen molar-refractivity contribution < 1.29 is 14.7 Å². The molecule has 0 atom stereocenters. The van der Waals surface area contributed by atoms with E-state index in [-0.39, 0.29) is 11.5 Å². The molecule has 0 saturated carbocycles. The van der Waals surface area contributed by atoms with Gasteiger partial charge < -0.3 is 15.3 Å². The number of imidazole rings is 1. The number of carboxylic acid groups (broad SMARTS) is 1. The number of hydrogen-bond acceptors (Lipinski definition) is 6. The Morgan fingerprint density at radius 2 is 1.89 bits per heavy atom. The van der Waals surface area contributed by atoms with Gasteiger partial charge in [0, 0.05) is 38.6 Å². The Kier molecular flexibility index (Phi) is 4.88. The fourth-order valence-corrected chi connectivity index (χ4v) is 2.50. The first-order valence-electron chi connectivity index (χ1n) is 8.20. The van der Waals surface area contributed by atoms with Crippen LogP contribution in [0.3, 0.4) is 0 Å². The van der Waals surface area contributed by atoms with E-state index in [4.69, 9.17) is 0 Å². The molecule has 0 fully saturated rings. The third-order valence-electron chi connectivity index (χ3n) is 3.74. The van der Waals surface area contributed by atoms with Crippen molar-refractivity contribution in [3.63, 3.8) is 0 Å². The van der Waals surface area contributed by atoms with E-state index in [9.17, 15) is 14.7 Å². The maximum Gasteiger partial charge on any atom is 0.352 e. The predicted molar refractivity (Wildman–Crippen MR) is 100 cm³/mol. The van der Waals surface area contributed by atoms with Crippen molar-refractivity contribution in [2.24, 2.45) is 0 Å². The van der Waals surface area contributed by atoms with Gasteiger partial charge in [0.05, 0.1) is 6.20 Å². The highest BCUT2D eigenvalue weighted by Gasteiger charge is 2.15. The number of urea groups is 1. The second-order valence-electron chi connectivity index (χ2n) is 5.94. The minimum absolute atomic E-state index is 0.00985. The molecule has 3 aromatic heterocycles. The Balaban J connectivity index is 2.04. The molecule has 140 valence electrons. The summed E-state index contributed by atoms with van der Waals surface area (Å²) in [6.07, 6.45) is 4.70.